The molecule has 0 radical (unpaired) electrons. The summed E-state index contributed by atoms with van der Waals surface area (Å²) in [5.74, 6) is 0. The van der Waals surface area contributed by atoms with Gasteiger partial charge in [-0.25, -0.2) is 4.98 Å². The summed E-state index contributed by atoms with van der Waals surface area (Å²) < 4.78 is 0. The summed E-state index contributed by atoms with van der Waals surface area (Å²) >= 11 is 1.82. The highest BCUT2D eigenvalue weighted by molar-refractivity contribution is 7.11. The highest BCUT2D eigenvalue weighted by Gasteiger charge is 2.20. The first kappa shape index (κ1) is 15.7. The molecule has 3 nitrogen and oxygen atoms in total. The number of benzene rings is 1. The van der Waals surface area contributed by atoms with E-state index < -0.39 is 0 Å². The van der Waals surface area contributed by atoms with Gasteiger partial charge in [-0.05, 0) is 29.5 Å². The lowest BCUT2D eigenvalue weighted by Gasteiger charge is -2.19. The third kappa shape index (κ3) is 3.57. The Kier molecular flexibility index (Phi) is 4.62. The number of nitrogens with one attached hydrogen (secondary N) is 2. The van der Waals surface area contributed by atoms with Gasteiger partial charge in [0.05, 0.1) is 0 Å². The number of rotatable bonds is 3. The highest BCUT2D eigenvalue weighted by atomic mass is 32.1. The van der Waals surface area contributed by atoms with Crippen molar-refractivity contribution < 1.29 is 0 Å². The van der Waals surface area contributed by atoms with Gasteiger partial charge in [-0.3, -0.25) is 0 Å². The first-order valence-corrected chi connectivity index (χ1v) is 8.83. The Morgan fingerprint density at radius 1 is 1.32 bits per heavy atom. The van der Waals surface area contributed by atoms with E-state index in [-0.39, 0.29) is 5.41 Å². The van der Waals surface area contributed by atoms with E-state index in [0.29, 0.717) is 6.04 Å². The summed E-state index contributed by atoms with van der Waals surface area (Å²) in [6, 6.07) is 9.14. The molecule has 0 spiro atoms. The first-order valence-electron chi connectivity index (χ1n) is 8.01. The second kappa shape index (κ2) is 6.49. The Balaban J connectivity index is 1.70. The maximum absolute atomic E-state index is 4.58. The van der Waals surface area contributed by atoms with Gasteiger partial charge in [0.1, 0.15) is 5.01 Å². The minimum atomic E-state index is 0.187. The van der Waals surface area contributed by atoms with Gasteiger partial charge >= 0.3 is 0 Å². The Hall–Kier alpha value is -1.23. The van der Waals surface area contributed by atoms with E-state index in [4.69, 9.17) is 0 Å². The second-order valence-electron chi connectivity index (χ2n) is 6.95. The average molecular weight is 315 g/mol. The molecule has 0 saturated carbocycles. The standard InChI is InChI=1S/C18H25N3S/c1-18(2,3)16-11-21-17(22-16)12-20-15-10-19-9-8-13-6-4-5-7-14(13)15/h4-7,11,15,19-20H,8-10,12H2,1-3H3. The molecule has 2 N–H and O–H groups in total. The minimum absolute atomic E-state index is 0.187. The molecule has 1 aromatic heterocycles. The normalized spacial score (nSPS) is 18.8. The van der Waals surface area contributed by atoms with E-state index >= 15 is 0 Å². The first-order chi connectivity index (χ1) is 10.5. The maximum Gasteiger partial charge on any atom is 0.107 e. The monoisotopic (exact) mass is 315 g/mol. The summed E-state index contributed by atoms with van der Waals surface area (Å²) in [6.07, 6.45) is 3.14. The van der Waals surface area contributed by atoms with Gasteiger partial charge in [-0.15, -0.1) is 11.3 Å². The zero-order valence-corrected chi connectivity index (χ0v) is 14.5. The summed E-state index contributed by atoms with van der Waals surface area (Å²) in [4.78, 5) is 5.93. The Morgan fingerprint density at radius 2 is 2.14 bits per heavy atom. The lowest BCUT2D eigenvalue weighted by Crippen LogP contribution is -2.30. The molecule has 0 aliphatic carbocycles. The van der Waals surface area contributed by atoms with E-state index in [2.05, 4.69) is 60.7 Å². The molecule has 0 bridgehead atoms. The van der Waals surface area contributed by atoms with Crippen LogP contribution in [0.1, 0.15) is 47.8 Å². The maximum atomic E-state index is 4.58. The predicted molar refractivity (Wildman–Crippen MR) is 93.4 cm³/mol. The van der Waals surface area contributed by atoms with Gasteiger partial charge in [0.2, 0.25) is 0 Å². The number of nitrogens with zero attached hydrogens (tertiary/aromatic N) is 1. The molecule has 118 valence electrons. The molecule has 4 heteroatoms. The minimum Gasteiger partial charge on any atom is -0.315 e. The Bertz CT molecular complexity index is 627. The van der Waals surface area contributed by atoms with Crippen molar-refractivity contribution in [3.63, 3.8) is 0 Å². The number of hydrogen-bond donors (Lipinski definition) is 2. The topological polar surface area (TPSA) is 37.0 Å². The summed E-state index contributed by atoms with van der Waals surface area (Å²) in [5, 5.41) is 8.39. The smallest absolute Gasteiger partial charge is 0.107 e. The molecule has 0 saturated heterocycles. The number of fused-ring (bicyclic) bond motifs is 1. The molecule has 1 aliphatic heterocycles. The van der Waals surface area contributed by atoms with E-state index in [9.17, 15) is 0 Å². The fourth-order valence-corrected chi connectivity index (χ4v) is 3.74. The van der Waals surface area contributed by atoms with Crippen molar-refractivity contribution in [3.05, 3.63) is 51.5 Å². The molecule has 3 rings (SSSR count). The quantitative estimate of drug-likeness (QED) is 0.911. The summed E-state index contributed by atoms with van der Waals surface area (Å²) in [6.45, 7) is 9.59. The van der Waals surface area contributed by atoms with Crippen LogP contribution in [0.4, 0.5) is 0 Å². The molecule has 2 heterocycles. The molecule has 1 aromatic carbocycles. The summed E-state index contributed by atoms with van der Waals surface area (Å²) in [7, 11) is 0. The van der Waals surface area contributed by atoms with E-state index in [0.717, 1.165) is 26.1 Å². The Morgan fingerprint density at radius 3 is 2.91 bits per heavy atom. The molecule has 1 unspecified atom stereocenters. The van der Waals surface area contributed by atoms with Crippen LogP contribution in [0.5, 0.6) is 0 Å². The number of aromatic nitrogens is 1. The molecule has 1 aliphatic rings. The van der Waals surface area contributed by atoms with Crippen LogP contribution in [0, 0.1) is 0 Å². The predicted octanol–water partition coefficient (Wildman–Crippen LogP) is 3.42. The van der Waals surface area contributed by atoms with Crippen LogP contribution in [0.3, 0.4) is 0 Å². The van der Waals surface area contributed by atoms with Crippen molar-refractivity contribution in [1.29, 1.82) is 0 Å². The SMILES string of the molecule is CC(C)(C)c1cnc(CNC2CNCCc3ccccc32)s1. The second-order valence-corrected chi connectivity index (χ2v) is 8.07. The van der Waals surface area contributed by atoms with Gasteiger partial charge < -0.3 is 10.6 Å². The van der Waals surface area contributed by atoms with E-state index in [1.165, 1.54) is 21.0 Å². The van der Waals surface area contributed by atoms with Gasteiger partial charge in [-0.2, -0.15) is 0 Å². The fraction of sp³-hybridized carbons (Fsp3) is 0.500. The lowest BCUT2D eigenvalue weighted by molar-refractivity contribution is 0.503. The van der Waals surface area contributed by atoms with Crippen LogP contribution < -0.4 is 10.6 Å². The van der Waals surface area contributed by atoms with Crippen molar-refractivity contribution in [2.24, 2.45) is 0 Å². The molecule has 22 heavy (non-hydrogen) atoms. The van der Waals surface area contributed by atoms with Crippen molar-refractivity contribution in [1.82, 2.24) is 15.6 Å². The molecule has 2 aromatic rings. The van der Waals surface area contributed by atoms with Crippen molar-refractivity contribution >= 4 is 11.3 Å². The number of thiazole rings is 1. The zero-order valence-electron chi connectivity index (χ0n) is 13.6. The molecular formula is C18H25N3S. The average Bonchev–Trinajstić information content (AvgIpc) is 2.87. The van der Waals surface area contributed by atoms with Gasteiger partial charge in [0, 0.05) is 30.2 Å². The third-order valence-corrected chi connectivity index (χ3v) is 5.57. The van der Waals surface area contributed by atoms with E-state index in [1.807, 2.05) is 17.5 Å². The van der Waals surface area contributed by atoms with Crippen LogP contribution in [0.25, 0.3) is 0 Å². The summed E-state index contributed by atoms with van der Waals surface area (Å²) in [5.41, 5.74) is 3.08. The van der Waals surface area contributed by atoms with Crippen LogP contribution in [-0.4, -0.2) is 18.1 Å². The van der Waals surface area contributed by atoms with Crippen LogP contribution in [0.2, 0.25) is 0 Å². The zero-order chi connectivity index (χ0) is 15.6. The molecular weight excluding hydrogens is 290 g/mol. The van der Waals surface area contributed by atoms with Gasteiger partial charge in [-0.1, -0.05) is 45.0 Å². The van der Waals surface area contributed by atoms with Crippen LogP contribution in [0.15, 0.2) is 30.5 Å². The van der Waals surface area contributed by atoms with E-state index in [1.54, 1.807) is 0 Å². The lowest BCUT2D eigenvalue weighted by atomic mass is 9.96. The van der Waals surface area contributed by atoms with Crippen LogP contribution in [-0.2, 0) is 18.4 Å². The molecule has 0 amide bonds. The number of hydrogen-bond acceptors (Lipinski definition) is 4. The third-order valence-electron chi connectivity index (χ3n) is 4.14. The highest BCUT2D eigenvalue weighted by Crippen LogP contribution is 2.28. The van der Waals surface area contributed by atoms with Crippen LogP contribution >= 0.6 is 11.3 Å². The van der Waals surface area contributed by atoms with Gasteiger partial charge in [0.15, 0.2) is 0 Å². The van der Waals surface area contributed by atoms with Crippen molar-refractivity contribution in [2.75, 3.05) is 13.1 Å². The largest absolute Gasteiger partial charge is 0.315 e. The van der Waals surface area contributed by atoms with Crippen molar-refractivity contribution in [3.8, 4) is 0 Å². The molecule has 0 fully saturated rings. The Labute approximate surface area is 137 Å². The van der Waals surface area contributed by atoms with Crippen molar-refractivity contribution in [2.45, 2.75) is 45.2 Å². The fourth-order valence-electron chi connectivity index (χ4n) is 2.81. The van der Waals surface area contributed by atoms with Gasteiger partial charge in [0.25, 0.3) is 0 Å². The molecule has 1 atom stereocenters.